The molecule has 2 rings (SSSR count). The maximum atomic E-state index is 14.2. The van der Waals surface area contributed by atoms with E-state index in [1.165, 1.54) is 6.07 Å². The Hall–Kier alpha value is -1.41. The van der Waals surface area contributed by atoms with Crippen LogP contribution < -0.4 is 0 Å². The second-order valence-electron chi connectivity index (χ2n) is 5.66. The molecule has 21 heavy (non-hydrogen) atoms. The predicted octanol–water partition coefficient (Wildman–Crippen LogP) is 1.70. The van der Waals surface area contributed by atoms with Gasteiger partial charge in [-0.05, 0) is 26.1 Å². The number of aliphatic hydroxyl groups is 1. The lowest BCUT2D eigenvalue weighted by molar-refractivity contribution is 0.0928. The highest BCUT2D eigenvalue weighted by molar-refractivity contribution is 5.37. The number of hydrogen-bond acceptors (Lipinski definition) is 3. The molecule has 1 heterocycles. The number of aliphatic hydroxyl groups excluding tert-OH is 1. The summed E-state index contributed by atoms with van der Waals surface area (Å²) in [7, 11) is 2.12. The van der Waals surface area contributed by atoms with Gasteiger partial charge in [0, 0.05) is 49.8 Å². The molecule has 0 radical (unpaired) electrons. The smallest absolute Gasteiger partial charge is 0.128 e. The highest BCUT2D eigenvalue weighted by atomic mass is 19.1. The van der Waals surface area contributed by atoms with Gasteiger partial charge in [-0.1, -0.05) is 17.9 Å². The van der Waals surface area contributed by atoms with Gasteiger partial charge in [0.05, 0.1) is 6.61 Å². The topological polar surface area (TPSA) is 26.7 Å². The number of benzene rings is 1. The van der Waals surface area contributed by atoms with Crippen LogP contribution in [-0.2, 0) is 6.54 Å². The Balaban J connectivity index is 2.03. The average molecular weight is 290 g/mol. The molecule has 1 aliphatic heterocycles. The Bertz CT molecular complexity index is 535. The van der Waals surface area contributed by atoms with Gasteiger partial charge in [0.2, 0.25) is 0 Å². The molecule has 1 aliphatic rings. The fraction of sp³-hybridized carbons (Fsp3) is 0.529. The average Bonchev–Trinajstić information content (AvgIpc) is 2.44. The first-order chi connectivity index (χ1) is 10.1. The highest BCUT2D eigenvalue weighted by Crippen LogP contribution is 2.16. The number of piperazine rings is 1. The van der Waals surface area contributed by atoms with Crippen molar-refractivity contribution < 1.29 is 9.50 Å². The quantitative estimate of drug-likeness (QED) is 0.858. The maximum absolute atomic E-state index is 14.2. The molecule has 1 fully saturated rings. The van der Waals surface area contributed by atoms with E-state index < -0.39 is 0 Å². The molecule has 0 aromatic heterocycles. The van der Waals surface area contributed by atoms with Crippen molar-refractivity contribution in [2.24, 2.45) is 0 Å². The van der Waals surface area contributed by atoms with Gasteiger partial charge in [0.1, 0.15) is 5.82 Å². The first-order valence-electron chi connectivity index (χ1n) is 7.41. The van der Waals surface area contributed by atoms with E-state index >= 15 is 0 Å². The van der Waals surface area contributed by atoms with E-state index in [0.29, 0.717) is 24.6 Å². The lowest BCUT2D eigenvalue weighted by Gasteiger charge is -2.38. The van der Waals surface area contributed by atoms with Crippen LogP contribution in [0.5, 0.6) is 0 Å². The highest BCUT2D eigenvalue weighted by Gasteiger charge is 2.22. The van der Waals surface area contributed by atoms with Crippen LogP contribution in [0.4, 0.5) is 4.39 Å². The van der Waals surface area contributed by atoms with E-state index in [1.54, 1.807) is 0 Å². The van der Waals surface area contributed by atoms with Gasteiger partial charge in [-0.3, -0.25) is 4.90 Å². The molecule has 1 aromatic carbocycles. The minimum atomic E-state index is -0.197. The van der Waals surface area contributed by atoms with Gasteiger partial charge in [0.15, 0.2) is 0 Å². The zero-order valence-corrected chi connectivity index (χ0v) is 12.8. The van der Waals surface area contributed by atoms with Crippen molar-refractivity contribution in [3.8, 4) is 11.8 Å². The zero-order chi connectivity index (χ0) is 15.2. The zero-order valence-electron chi connectivity index (χ0n) is 12.8. The van der Waals surface area contributed by atoms with E-state index in [0.717, 1.165) is 25.2 Å². The minimum absolute atomic E-state index is 0.0366. The molecule has 0 aliphatic carbocycles. The largest absolute Gasteiger partial charge is 0.395 e. The Labute approximate surface area is 126 Å². The molecule has 3 nitrogen and oxygen atoms in total. The van der Waals surface area contributed by atoms with E-state index in [1.807, 2.05) is 12.1 Å². The molecule has 4 heteroatoms. The molecule has 1 N–H and O–H groups in total. The third-order valence-corrected chi connectivity index (χ3v) is 3.86. The summed E-state index contributed by atoms with van der Waals surface area (Å²) >= 11 is 0. The number of rotatable bonds is 3. The summed E-state index contributed by atoms with van der Waals surface area (Å²) in [6.45, 7) is 5.88. The molecule has 0 spiro atoms. The third-order valence-electron chi connectivity index (χ3n) is 3.86. The summed E-state index contributed by atoms with van der Waals surface area (Å²) in [5.41, 5.74) is 1.38. The lowest BCUT2D eigenvalue weighted by atomic mass is 10.1. The van der Waals surface area contributed by atoms with Gasteiger partial charge in [0.25, 0.3) is 0 Å². The van der Waals surface area contributed by atoms with Crippen molar-refractivity contribution in [1.82, 2.24) is 9.80 Å². The predicted molar refractivity (Wildman–Crippen MR) is 82.3 cm³/mol. The molecule has 114 valence electrons. The minimum Gasteiger partial charge on any atom is -0.395 e. The summed E-state index contributed by atoms with van der Waals surface area (Å²) in [5, 5.41) is 8.68. The summed E-state index contributed by atoms with van der Waals surface area (Å²) in [4.78, 5) is 4.62. The summed E-state index contributed by atoms with van der Waals surface area (Å²) in [5.74, 6) is 5.47. The van der Waals surface area contributed by atoms with E-state index in [2.05, 4.69) is 35.6 Å². The standard InChI is InChI=1S/C17H23FN2O/c1-14-12-19(2)8-9-20(14)13-16-7-6-15(11-17(16)18)5-3-4-10-21/h6-7,11,14,21H,4,8-10,12-13H2,1-2H3. The Kier molecular flexibility index (Phi) is 5.75. The molecule has 1 atom stereocenters. The van der Waals surface area contributed by atoms with Gasteiger partial charge in [-0.25, -0.2) is 4.39 Å². The fourth-order valence-electron chi connectivity index (χ4n) is 2.60. The van der Waals surface area contributed by atoms with Crippen molar-refractivity contribution >= 4 is 0 Å². The molecule has 1 saturated heterocycles. The first kappa shape index (κ1) is 16.0. The molecule has 0 amide bonds. The van der Waals surface area contributed by atoms with Crippen LogP contribution in [0.15, 0.2) is 18.2 Å². The van der Waals surface area contributed by atoms with Crippen LogP contribution in [0.1, 0.15) is 24.5 Å². The van der Waals surface area contributed by atoms with E-state index in [9.17, 15) is 4.39 Å². The van der Waals surface area contributed by atoms with Crippen LogP contribution in [0.3, 0.4) is 0 Å². The third kappa shape index (κ3) is 4.53. The molecule has 1 unspecified atom stereocenters. The Morgan fingerprint density at radius 2 is 2.19 bits per heavy atom. The number of nitrogens with zero attached hydrogens (tertiary/aromatic N) is 2. The van der Waals surface area contributed by atoms with Gasteiger partial charge in [-0.15, -0.1) is 0 Å². The summed E-state index contributed by atoms with van der Waals surface area (Å²) < 4.78 is 14.2. The van der Waals surface area contributed by atoms with Crippen molar-refractivity contribution in [1.29, 1.82) is 0 Å². The second kappa shape index (κ2) is 7.56. The lowest BCUT2D eigenvalue weighted by Crippen LogP contribution is -2.49. The fourth-order valence-corrected chi connectivity index (χ4v) is 2.60. The van der Waals surface area contributed by atoms with Crippen LogP contribution in [0.25, 0.3) is 0 Å². The molecule has 0 bridgehead atoms. The normalized spacial score (nSPS) is 20.1. The molecule has 1 aromatic rings. The molecular weight excluding hydrogens is 267 g/mol. The summed E-state index contributed by atoms with van der Waals surface area (Å²) in [6.07, 6.45) is 0.419. The van der Waals surface area contributed by atoms with Crippen LogP contribution in [-0.4, -0.2) is 54.2 Å². The Morgan fingerprint density at radius 3 is 2.86 bits per heavy atom. The maximum Gasteiger partial charge on any atom is 0.128 e. The van der Waals surface area contributed by atoms with Crippen molar-refractivity contribution in [3.63, 3.8) is 0 Å². The van der Waals surface area contributed by atoms with Crippen LogP contribution in [0, 0.1) is 17.7 Å². The summed E-state index contributed by atoms with van der Waals surface area (Å²) in [6, 6.07) is 5.60. The van der Waals surface area contributed by atoms with Crippen molar-refractivity contribution in [2.45, 2.75) is 25.9 Å². The monoisotopic (exact) mass is 290 g/mol. The van der Waals surface area contributed by atoms with Crippen molar-refractivity contribution in [2.75, 3.05) is 33.3 Å². The van der Waals surface area contributed by atoms with Gasteiger partial charge < -0.3 is 10.0 Å². The van der Waals surface area contributed by atoms with Crippen LogP contribution >= 0.6 is 0 Å². The second-order valence-corrected chi connectivity index (χ2v) is 5.66. The van der Waals surface area contributed by atoms with E-state index in [-0.39, 0.29) is 12.4 Å². The number of likely N-dealkylation sites (N-methyl/N-ethyl adjacent to an activating group) is 1. The van der Waals surface area contributed by atoms with Gasteiger partial charge >= 0.3 is 0 Å². The van der Waals surface area contributed by atoms with E-state index in [4.69, 9.17) is 5.11 Å². The number of halogens is 1. The number of hydrogen-bond donors (Lipinski definition) is 1. The van der Waals surface area contributed by atoms with Gasteiger partial charge in [-0.2, -0.15) is 0 Å². The molecule has 0 saturated carbocycles. The Morgan fingerprint density at radius 1 is 1.38 bits per heavy atom. The SMILES string of the molecule is CC1CN(C)CCN1Cc1ccc(C#CCCO)cc1F. The molecular formula is C17H23FN2O. The first-order valence-corrected chi connectivity index (χ1v) is 7.41. The van der Waals surface area contributed by atoms with Crippen LogP contribution in [0.2, 0.25) is 0 Å². The van der Waals surface area contributed by atoms with Crippen molar-refractivity contribution in [3.05, 3.63) is 35.1 Å².